The third-order valence-corrected chi connectivity index (χ3v) is 5.86. The zero-order valence-electron chi connectivity index (χ0n) is 20.6. The van der Waals surface area contributed by atoms with E-state index in [0.717, 1.165) is 19.5 Å². The molecule has 9 nitrogen and oxygen atoms in total. The van der Waals surface area contributed by atoms with Crippen molar-refractivity contribution < 1.29 is 19.1 Å². The van der Waals surface area contributed by atoms with Gasteiger partial charge < -0.3 is 19.7 Å². The third kappa shape index (κ3) is 5.98. The SMILES string of the molecule is C=C1/C=C(C(=O)Nc2ccn(C)n2)\C=C(\Oc2ccc(C(=O)N3CCC3)nc2)C(C)CC(C)(C)O1. The van der Waals surface area contributed by atoms with Crippen LogP contribution in [0.3, 0.4) is 0 Å². The number of anilines is 1. The van der Waals surface area contributed by atoms with E-state index in [-0.39, 0.29) is 17.7 Å². The van der Waals surface area contributed by atoms with Gasteiger partial charge in [0.15, 0.2) is 5.82 Å². The summed E-state index contributed by atoms with van der Waals surface area (Å²) in [7, 11) is 1.77. The molecule has 0 saturated carbocycles. The minimum Gasteiger partial charge on any atom is -0.488 e. The number of carbonyl (C=O) groups excluding carboxylic acids is 2. The largest absolute Gasteiger partial charge is 0.488 e. The monoisotopic (exact) mass is 477 g/mol. The van der Waals surface area contributed by atoms with Gasteiger partial charge in [0, 0.05) is 43.9 Å². The van der Waals surface area contributed by atoms with Crippen molar-refractivity contribution in [1.82, 2.24) is 19.7 Å². The second-order valence-corrected chi connectivity index (χ2v) is 9.54. The Morgan fingerprint density at radius 1 is 1.23 bits per heavy atom. The molecule has 0 radical (unpaired) electrons. The van der Waals surface area contributed by atoms with Crippen molar-refractivity contribution in [2.45, 2.75) is 39.2 Å². The van der Waals surface area contributed by atoms with Crippen molar-refractivity contribution in [3.05, 3.63) is 72.1 Å². The highest BCUT2D eigenvalue weighted by molar-refractivity contribution is 6.05. The van der Waals surface area contributed by atoms with Crippen LogP contribution < -0.4 is 10.1 Å². The third-order valence-electron chi connectivity index (χ3n) is 5.86. The first-order valence-corrected chi connectivity index (χ1v) is 11.6. The molecule has 35 heavy (non-hydrogen) atoms. The number of aryl methyl sites for hydroxylation is 1. The van der Waals surface area contributed by atoms with Gasteiger partial charge in [-0.25, -0.2) is 4.98 Å². The first kappa shape index (κ1) is 24.3. The number of hydrogen-bond donors (Lipinski definition) is 1. The lowest BCUT2D eigenvalue weighted by molar-refractivity contribution is -0.112. The highest BCUT2D eigenvalue weighted by Crippen LogP contribution is 2.32. The molecular weight excluding hydrogens is 446 g/mol. The molecule has 4 heterocycles. The first-order chi connectivity index (χ1) is 16.6. The normalized spacial score (nSPS) is 22.7. The van der Waals surface area contributed by atoms with E-state index < -0.39 is 5.60 Å². The second kappa shape index (κ2) is 9.77. The molecule has 2 aliphatic heterocycles. The summed E-state index contributed by atoms with van der Waals surface area (Å²) in [5.74, 6) is 1.32. The number of allylic oxidation sites excluding steroid dienone is 2. The van der Waals surface area contributed by atoms with Gasteiger partial charge in [-0.1, -0.05) is 13.5 Å². The quantitative estimate of drug-likeness (QED) is 0.703. The standard InChI is InChI=1S/C26H31N5O4/c1-17-15-26(3,4)35-18(2)13-19(24(32)28-23-9-12-30(5)29-23)14-22(17)34-20-7-8-21(27-16-20)25(33)31-10-6-11-31/h7-9,12-14,16-17H,2,6,10-11,15H2,1,3-5H3,(H,28,29,32)/b19-13+,22-14+. The number of rotatable bonds is 5. The van der Waals surface area contributed by atoms with E-state index in [1.807, 2.05) is 20.8 Å². The average molecular weight is 478 g/mol. The smallest absolute Gasteiger partial charge is 0.272 e. The fourth-order valence-corrected chi connectivity index (χ4v) is 4.09. The van der Waals surface area contributed by atoms with Gasteiger partial charge in [-0.3, -0.25) is 14.3 Å². The number of ether oxygens (including phenoxy) is 2. The van der Waals surface area contributed by atoms with Crippen molar-refractivity contribution in [2.75, 3.05) is 18.4 Å². The summed E-state index contributed by atoms with van der Waals surface area (Å²) >= 11 is 0. The highest BCUT2D eigenvalue weighted by atomic mass is 16.5. The molecule has 0 spiro atoms. The number of amides is 2. The maximum absolute atomic E-state index is 13.1. The van der Waals surface area contributed by atoms with Crippen molar-refractivity contribution in [3.63, 3.8) is 0 Å². The Kier molecular flexibility index (Phi) is 6.77. The van der Waals surface area contributed by atoms with E-state index >= 15 is 0 Å². The van der Waals surface area contributed by atoms with Crippen molar-refractivity contribution >= 4 is 17.6 Å². The van der Waals surface area contributed by atoms with Crippen LogP contribution in [0.1, 0.15) is 44.1 Å². The lowest BCUT2D eigenvalue weighted by Gasteiger charge is -2.30. The number of pyridine rings is 1. The molecule has 1 saturated heterocycles. The predicted molar refractivity (Wildman–Crippen MR) is 131 cm³/mol. The molecule has 0 aliphatic carbocycles. The van der Waals surface area contributed by atoms with Crippen LogP contribution in [0, 0.1) is 5.92 Å². The van der Waals surface area contributed by atoms with Gasteiger partial charge in [0.25, 0.3) is 11.8 Å². The van der Waals surface area contributed by atoms with Gasteiger partial charge in [0.1, 0.15) is 28.6 Å². The summed E-state index contributed by atoms with van der Waals surface area (Å²) in [6.07, 6.45) is 8.21. The fraction of sp³-hybridized carbons (Fsp3) is 0.385. The van der Waals surface area contributed by atoms with E-state index in [9.17, 15) is 9.59 Å². The molecular formula is C26H31N5O4. The summed E-state index contributed by atoms with van der Waals surface area (Å²) in [6.45, 7) is 11.4. The lowest BCUT2D eigenvalue weighted by atomic mass is 9.92. The maximum Gasteiger partial charge on any atom is 0.272 e. The van der Waals surface area contributed by atoms with Crippen LogP contribution >= 0.6 is 0 Å². The van der Waals surface area contributed by atoms with Crippen LogP contribution in [0.5, 0.6) is 5.75 Å². The number of aromatic nitrogens is 3. The number of likely N-dealkylation sites (tertiary alicyclic amines) is 1. The second-order valence-electron chi connectivity index (χ2n) is 9.54. The molecule has 1 unspecified atom stereocenters. The molecule has 9 heteroatoms. The molecule has 2 aromatic heterocycles. The summed E-state index contributed by atoms with van der Waals surface area (Å²) < 4.78 is 13.8. The molecule has 0 bridgehead atoms. The van der Waals surface area contributed by atoms with Crippen LogP contribution in [-0.2, 0) is 16.6 Å². The Balaban J connectivity index is 1.60. The Bertz CT molecular complexity index is 1190. The van der Waals surface area contributed by atoms with Crippen LogP contribution in [0.25, 0.3) is 0 Å². The average Bonchev–Trinajstić information content (AvgIpc) is 3.15. The predicted octanol–water partition coefficient (Wildman–Crippen LogP) is 3.84. The molecule has 2 aliphatic rings. The molecule has 1 fully saturated rings. The minimum absolute atomic E-state index is 0.0772. The van der Waals surface area contributed by atoms with Gasteiger partial charge in [0.05, 0.1) is 6.20 Å². The van der Waals surface area contributed by atoms with Gasteiger partial charge in [-0.2, -0.15) is 5.10 Å². The zero-order valence-corrected chi connectivity index (χ0v) is 20.6. The zero-order chi connectivity index (χ0) is 25.2. The molecule has 2 aromatic rings. The number of carbonyl (C=O) groups is 2. The van der Waals surface area contributed by atoms with E-state index in [2.05, 4.69) is 22.0 Å². The van der Waals surface area contributed by atoms with E-state index in [1.54, 1.807) is 53.2 Å². The Labute approximate surface area is 205 Å². The summed E-state index contributed by atoms with van der Waals surface area (Å²) in [6, 6.07) is 5.09. The molecule has 2 amide bonds. The lowest BCUT2D eigenvalue weighted by Crippen LogP contribution is -2.42. The maximum atomic E-state index is 13.1. The van der Waals surface area contributed by atoms with Gasteiger partial charge in [-0.15, -0.1) is 0 Å². The summed E-state index contributed by atoms with van der Waals surface area (Å²) in [5, 5.41) is 7.00. The van der Waals surface area contributed by atoms with E-state index in [4.69, 9.17) is 9.47 Å². The Morgan fingerprint density at radius 2 is 2.00 bits per heavy atom. The van der Waals surface area contributed by atoms with Gasteiger partial charge >= 0.3 is 0 Å². The van der Waals surface area contributed by atoms with Crippen LogP contribution in [0.4, 0.5) is 5.82 Å². The number of hydrogen-bond acceptors (Lipinski definition) is 6. The number of nitrogens with zero attached hydrogens (tertiary/aromatic N) is 4. The summed E-state index contributed by atoms with van der Waals surface area (Å²) in [4.78, 5) is 31.6. The van der Waals surface area contributed by atoms with E-state index in [1.165, 1.54) is 6.20 Å². The minimum atomic E-state index is -0.534. The van der Waals surface area contributed by atoms with Crippen molar-refractivity contribution in [3.8, 4) is 5.75 Å². The topological polar surface area (TPSA) is 98.6 Å². The van der Waals surface area contributed by atoms with Crippen molar-refractivity contribution in [2.24, 2.45) is 13.0 Å². The first-order valence-electron chi connectivity index (χ1n) is 11.6. The molecule has 1 N–H and O–H groups in total. The van der Waals surface area contributed by atoms with Crippen LogP contribution in [0.2, 0.25) is 0 Å². The van der Waals surface area contributed by atoms with Crippen LogP contribution in [-0.4, -0.2) is 50.2 Å². The summed E-state index contributed by atoms with van der Waals surface area (Å²) in [5.41, 5.74) is 0.168. The molecule has 1 atom stereocenters. The van der Waals surface area contributed by atoms with Crippen molar-refractivity contribution in [1.29, 1.82) is 0 Å². The van der Waals surface area contributed by atoms with Gasteiger partial charge in [0.2, 0.25) is 0 Å². The molecule has 184 valence electrons. The fourth-order valence-electron chi connectivity index (χ4n) is 4.09. The van der Waals surface area contributed by atoms with E-state index in [0.29, 0.717) is 40.8 Å². The molecule has 0 aromatic carbocycles. The molecule has 4 rings (SSSR count). The highest BCUT2D eigenvalue weighted by Gasteiger charge is 2.29. The number of nitrogens with one attached hydrogen (secondary N) is 1. The Hall–Kier alpha value is -3.88. The Morgan fingerprint density at radius 3 is 2.60 bits per heavy atom. The van der Waals surface area contributed by atoms with Gasteiger partial charge in [-0.05, 0) is 51.0 Å². The van der Waals surface area contributed by atoms with Crippen LogP contribution in [0.15, 0.2) is 66.4 Å².